The fraction of sp³-hybridized carbons (Fsp3) is 0.556. The highest BCUT2D eigenvalue weighted by Gasteiger charge is 2.28. The highest BCUT2D eigenvalue weighted by molar-refractivity contribution is 6.41. The van der Waals surface area contributed by atoms with Crippen LogP contribution < -0.4 is 10.6 Å². The number of piperidine rings is 1. The molecule has 6 nitrogen and oxygen atoms in total. The molecule has 7 heteroatoms. The molecule has 1 aromatic rings. The fourth-order valence-electron chi connectivity index (χ4n) is 3.39. The smallest absolute Gasteiger partial charge is 0.313 e. The molecular formula is C18H24ClN3O3. The van der Waals surface area contributed by atoms with E-state index in [0.717, 1.165) is 45.6 Å². The van der Waals surface area contributed by atoms with Gasteiger partial charge in [0.05, 0.1) is 17.3 Å². The molecule has 0 radical (unpaired) electrons. The van der Waals surface area contributed by atoms with Gasteiger partial charge in [0.2, 0.25) is 0 Å². The number of amides is 2. The molecule has 2 saturated heterocycles. The Hall–Kier alpha value is -1.63. The van der Waals surface area contributed by atoms with Crippen LogP contribution in [0.15, 0.2) is 24.3 Å². The first-order valence-corrected chi connectivity index (χ1v) is 9.17. The largest absolute Gasteiger partial charge is 0.380 e. The van der Waals surface area contributed by atoms with Gasteiger partial charge in [-0.1, -0.05) is 23.7 Å². The van der Waals surface area contributed by atoms with Gasteiger partial charge in [0, 0.05) is 19.2 Å². The van der Waals surface area contributed by atoms with Gasteiger partial charge in [-0.25, -0.2) is 0 Å². The summed E-state index contributed by atoms with van der Waals surface area (Å²) in [6, 6.07) is 7.40. The van der Waals surface area contributed by atoms with Crippen LogP contribution in [0.3, 0.4) is 0 Å². The number of carbonyl (C=O) groups is 2. The summed E-state index contributed by atoms with van der Waals surface area (Å²) in [5, 5.41) is 5.68. The van der Waals surface area contributed by atoms with Gasteiger partial charge in [-0.05, 0) is 50.4 Å². The number of ether oxygens (including phenoxy) is 1. The molecule has 2 aliphatic heterocycles. The molecule has 25 heavy (non-hydrogen) atoms. The van der Waals surface area contributed by atoms with Gasteiger partial charge in [0.15, 0.2) is 0 Å². The lowest BCUT2D eigenvalue weighted by Gasteiger charge is -2.35. The van der Waals surface area contributed by atoms with E-state index >= 15 is 0 Å². The second-order valence-electron chi connectivity index (χ2n) is 6.64. The molecule has 0 aliphatic carbocycles. The monoisotopic (exact) mass is 365 g/mol. The van der Waals surface area contributed by atoms with Crippen molar-refractivity contribution in [1.29, 1.82) is 0 Å². The molecular weight excluding hydrogens is 342 g/mol. The van der Waals surface area contributed by atoms with Gasteiger partial charge >= 0.3 is 11.8 Å². The first-order valence-electron chi connectivity index (χ1n) is 8.79. The van der Waals surface area contributed by atoms with Gasteiger partial charge < -0.3 is 15.4 Å². The Morgan fingerprint density at radius 1 is 1.16 bits per heavy atom. The Kier molecular flexibility index (Phi) is 6.29. The van der Waals surface area contributed by atoms with Crippen molar-refractivity contribution >= 4 is 29.1 Å². The van der Waals surface area contributed by atoms with Gasteiger partial charge in [0.1, 0.15) is 0 Å². The molecule has 1 unspecified atom stereocenters. The Balaban J connectivity index is 1.39. The molecule has 2 aliphatic rings. The summed E-state index contributed by atoms with van der Waals surface area (Å²) in [7, 11) is 0. The van der Waals surface area contributed by atoms with Crippen molar-refractivity contribution in [3.63, 3.8) is 0 Å². The molecule has 0 spiro atoms. The van der Waals surface area contributed by atoms with Crippen LogP contribution in [-0.2, 0) is 14.3 Å². The molecule has 0 bridgehead atoms. The van der Waals surface area contributed by atoms with E-state index in [1.807, 2.05) is 0 Å². The van der Waals surface area contributed by atoms with E-state index in [1.165, 1.54) is 0 Å². The van der Waals surface area contributed by atoms with Crippen molar-refractivity contribution in [1.82, 2.24) is 10.2 Å². The lowest BCUT2D eigenvalue weighted by molar-refractivity contribution is -0.136. The number of carbonyl (C=O) groups excluding carboxylic acids is 2. The first-order chi connectivity index (χ1) is 12.1. The minimum Gasteiger partial charge on any atom is -0.380 e. The first kappa shape index (κ1) is 18.2. The van der Waals surface area contributed by atoms with E-state index < -0.39 is 11.8 Å². The zero-order valence-corrected chi connectivity index (χ0v) is 14.9. The van der Waals surface area contributed by atoms with E-state index in [1.54, 1.807) is 24.3 Å². The molecule has 2 N–H and O–H groups in total. The molecule has 2 fully saturated rings. The number of anilines is 1. The summed E-state index contributed by atoms with van der Waals surface area (Å²) < 4.78 is 5.45. The molecule has 1 atom stereocenters. The van der Waals surface area contributed by atoms with Crippen molar-refractivity contribution in [2.75, 3.05) is 38.2 Å². The van der Waals surface area contributed by atoms with Crippen LogP contribution in [0.2, 0.25) is 5.02 Å². The maximum absolute atomic E-state index is 12.0. The predicted molar refractivity (Wildman–Crippen MR) is 96.6 cm³/mol. The van der Waals surface area contributed by atoms with Gasteiger partial charge in [-0.3, -0.25) is 14.5 Å². The van der Waals surface area contributed by atoms with Crippen LogP contribution in [0, 0.1) is 5.92 Å². The SMILES string of the molecule is O=C(NCC1CCN(C2CCOC2)CC1)C(=O)Nc1ccccc1Cl. The lowest BCUT2D eigenvalue weighted by atomic mass is 9.95. The molecule has 2 heterocycles. The van der Waals surface area contributed by atoms with Crippen molar-refractivity contribution < 1.29 is 14.3 Å². The number of nitrogens with zero attached hydrogens (tertiary/aromatic N) is 1. The van der Waals surface area contributed by atoms with Crippen molar-refractivity contribution in [3.05, 3.63) is 29.3 Å². The molecule has 1 aromatic carbocycles. The average molecular weight is 366 g/mol. The minimum atomic E-state index is -0.686. The topological polar surface area (TPSA) is 70.7 Å². The number of hydrogen-bond acceptors (Lipinski definition) is 4. The summed E-state index contributed by atoms with van der Waals surface area (Å²) in [5.74, 6) is -0.893. The van der Waals surface area contributed by atoms with Gasteiger partial charge in [0.25, 0.3) is 0 Å². The zero-order chi connectivity index (χ0) is 17.6. The van der Waals surface area contributed by atoms with Crippen LogP contribution in [0.25, 0.3) is 0 Å². The number of nitrogens with one attached hydrogen (secondary N) is 2. The number of para-hydroxylation sites is 1. The average Bonchev–Trinajstić information content (AvgIpc) is 3.16. The Morgan fingerprint density at radius 2 is 1.92 bits per heavy atom. The van der Waals surface area contributed by atoms with Gasteiger partial charge in [-0.15, -0.1) is 0 Å². The number of hydrogen-bond donors (Lipinski definition) is 2. The summed E-state index contributed by atoms with van der Waals surface area (Å²) in [5.41, 5.74) is 0.441. The minimum absolute atomic E-state index is 0.409. The van der Waals surface area contributed by atoms with Crippen LogP contribution in [0.4, 0.5) is 5.69 Å². The zero-order valence-electron chi connectivity index (χ0n) is 14.2. The Morgan fingerprint density at radius 3 is 2.60 bits per heavy atom. The summed E-state index contributed by atoms with van der Waals surface area (Å²) in [6.07, 6.45) is 3.18. The van der Waals surface area contributed by atoms with Crippen LogP contribution >= 0.6 is 11.6 Å². The fourth-order valence-corrected chi connectivity index (χ4v) is 3.57. The van der Waals surface area contributed by atoms with Crippen molar-refractivity contribution in [3.8, 4) is 0 Å². The van der Waals surface area contributed by atoms with Gasteiger partial charge in [-0.2, -0.15) is 0 Å². The van der Waals surface area contributed by atoms with Crippen molar-refractivity contribution in [2.24, 2.45) is 5.92 Å². The molecule has 0 saturated carbocycles. The predicted octanol–water partition coefficient (Wildman–Crippen LogP) is 1.90. The Bertz CT molecular complexity index is 611. The highest BCUT2D eigenvalue weighted by atomic mass is 35.5. The number of halogens is 1. The quantitative estimate of drug-likeness (QED) is 0.799. The van der Waals surface area contributed by atoms with E-state index in [2.05, 4.69) is 15.5 Å². The number of rotatable bonds is 4. The van der Waals surface area contributed by atoms with E-state index in [9.17, 15) is 9.59 Å². The molecule has 3 rings (SSSR count). The normalized spacial score (nSPS) is 21.9. The third kappa shape index (κ3) is 4.93. The van der Waals surface area contributed by atoms with Crippen LogP contribution in [0.5, 0.6) is 0 Å². The summed E-state index contributed by atoms with van der Waals surface area (Å²) >= 11 is 5.98. The van der Waals surface area contributed by atoms with Crippen LogP contribution in [-0.4, -0.2) is 55.6 Å². The maximum atomic E-state index is 12.0. The number of benzene rings is 1. The summed E-state index contributed by atoms with van der Waals surface area (Å²) in [6.45, 7) is 4.29. The second kappa shape index (κ2) is 8.65. The Labute approximate surface area is 152 Å². The highest BCUT2D eigenvalue weighted by Crippen LogP contribution is 2.22. The van der Waals surface area contributed by atoms with E-state index in [4.69, 9.17) is 16.3 Å². The third-order valence-electron chi connectivity index (χ3n) is 4.95. The van der Waals surface area contributed by atoms with Crippen molar-refractivity contribution in [2.45, 2.75) is 25.3 Å². The van der Waals surface area contributed by atoms with E-state index in [0.29, 0.717) is 29.2 Å². The lowest BCUT2D eigenvalue weighted by Crippen LogP contribution is -2.45. The second-order valence-corrected chi connectivity index (χ2v) is 7.05. The van der Waals surface area contributed by atoms with E-state index in [-0.39, 0.29) is 0 Å². The number of likely N-dealkylation sites (tertiary alicyclic amines) is 1. The standard InChI is InChI=1S/C18H24ClN3O3/c19-15-3-1-2-4-16(15)21-18(24)17(23)20-11-13-5-8-22(9-6-13)14-7-10-25-12-14/h1-4,13-14H,5-12H2,(H,20,23)(H,21,24). The maximum Gasteiger partial charge on any atom is 0.313 e. The third-order valence-corrected chi connectivity index (χ3v) is 5.28. The molecule has 0 aromatic heterocycles. The molecule has 136 valence electrons. The molecule has 2 amide bonds. The van der Waals surface area contributed by atoms with Crippen LogP contribution in [0.1, 0.15) is 19.3 Å². The summed E-state index contributed by atoms with van der Waals surface area (Å²) in [4.78, 5) is 26.4.